The SMILES string of the molecule is C=CC(=O)OCCCCCCOc1ccc(C(=O)Oc2ccc3cc(/C=N/N=C/c4ccc(O)c(C(=O)OCCOCCC)c4)ccc3c2)cc1. The van der Waals surface area contributed by atoms with E-state index in [1.165, 1.54) is 18.3 Å². The van der Waals surface area contributed by atoms with Crippen molar-refractivity contribution in [2.45, 2.75) is 39.0 Å². The summed E-state index contributed by atoms with van der Waals surface area (Å²) in [6, 6.07) is 22.4. The quantitative estimate of drug-likeness (QED) is 0.0249. The number of nitrogens with zero attached hydrogens (tertiary/aromatic N) is 2. The summed E-state index contributed by atoms with van der Waals surface area (Å²) in [4.78, 5) is 36.2. The van der Waals surface area contributed by atoms with Gasteiger partial charge in [0.1, 0.15) is 29.4 Å². The zero-order chi connectivity index (χ0) is 36.3. The van der Waals surface area contributed by atoms with Gasteiger partial charge in [0.25, 0.3) is 0 Å². The average molecular weight is 695 g/mol. The number of aromatic hydroxyl groups is 1. The zero-order valence-electron chi connectivity index (χ0n) is 28.6. The number of benzene rings is 4. The fraction of sp³-hybridized carbons (Fsp3) is 0.275. The number of carbonyl (C=O) groups is 3. The molecule has 0 radical (unpaired) electrons. The Morgan fingerprint density at radius 1 is 0.686 bits per heavy atom. The molecule has 1 N–H and O–H groups in total. The smallest absolute Gasteiger partial charge is 0.343 e. The number of fused-ring (bicyclic) bond motifs is 1. The number of rotatable bonds is 20. The molecule has 0 aliphatic carbocycles. The first kappa shape index (κ1) is 38.0. The Labute approximate surface area is 297 Å². The molecule has 0 atom stereocenters. The van der Waals surface area contributed by atoms with Crippen LogP contribution < -0.4 is 9.47 Å². The van der Waals surface area contributed by atoms with E-state index in [1.54, 1.807) is 48.7 Å². The lowest BCUT2D eigenvalue weighted by molar-refractivity contribution is -0.137. The maximum absolute atomic E-state index is 12.8. The van der Waals surface area contributed by atoms with Crippen LogP contribution in [0.1, 0.15) is 70.9 Å². The van der Waals surface area contributed by atoms with Crippen molar-refractivity contribution in [1.29, 1.82) is 0 Å². The molecule has 51 heavy (non-hydrogen) atoms. The maximum atomic E-state index is 12.8. The third-order valence-electron chi connectivity index (χ3n) is 7.38. The van der Waals surface area contributed by atoms with Crippen molar-refractivity contribution >= 4 is 41.1 Å². The van der Waals surface area contributed by atoms with E-state index in [9.17, 15) is 19.5 Å². The minimum atomic E-state index is -0.650. The molecule has 0 amide bonds. The van der Waals surface area contributed by atoms with Gasteiger partial charge in [0, 0.05) is 12.7 Å². The van der Waals surface area contributed by atoms with Crippen molar-refractivity contribution in [3.63, 3.8) is 0 Å². The summed E-state index contributed by atoms with van der Waals surface area (Å²) in [6.45, 7) is 7.26. The Morgan fingerprint density at radius 2 is 1.35 bits per heavy atom. The molecule has 0 spiro atoms. The Kier molecular flexibility index (Phi) is 15.4. The fourth-order valence-corrected chi connectivity index (χ4v) is 4.73. The number of carbonyl (C=O) groups excluding carboxylic acids is 3. The van der Waals surface area contributed by atoms with Gasteiger partial charge in [-0.25, -0.2) is 14.4 Å². The second-order valence-corrected chi connectivity index (χ2v) is 11.3. The van der Waals surface area contributed by atoms with Gasteiger partial charge in [-0.2, -0.15) is 10.2 Å². The van der Waals surface area contributed by atoms with Gasteiger partial charge in [0.15, 0.2) is 0 Å². The Hall–Kier alpha value is -5.81. The van der Waals surface area contributed by atoms with Crippen molar-refractivity contribution < 1.29 is 43.2 Å². The lowest BCUT2D eigenvalue weighted by Crippen LogP contribution is -2.11. The van der Waals surface area contributed by atoms with Gasteiger partial charge >= 0.3 is 17.9 Å². The molecule has 0 aliphatic heterocycles. The average Bonchev–Trinajstić information content (AvgIpc) is 3.14. The largest absolute Gasteiger partial charge is 0.507 e. The third-order valence-corrected chi connectivity index (χ3v) is 7.38. The van der Waals surface area contributed by atoms with Gasteiger partial charge in [0.05, 0.1) is 37.8 Å². The first-order valence-corrected chi connectivity index (χ1v) is 16.8. The summed E-state index contributed by atoms with van der Waals surface area (Å²) >= 11 is 0. The van der Waals surface area contributed by atoms with E-state index >= 15 is 0 Å². The molecule has 0 aliphatic rings. The number of unbranched alkanes of at least 4 members (excludes halogenated alkanes) is 3. The van der Waals surface area contributed by atoms with E-state index in [0.717, 1.165) is 54.5 Å². The standard InChI is InChI=1S/C40H42N2O9/c1-3-19-47-22-23-50-40(46)36-25-30(10-18-37(36)43)28-42-41-27-29-9-11-33-26-35(17-14-32(33)24-29)51-39(45)31-12-15-34(16-13-31)48-20-7-5-6-8-21-49-38(44)4-2/h4,9-18,24-28,43H,2-3,5-8,19-23H2,1H3/b41-27+,42-28+. The molecule has 4 aromatic carbocycles. The van der Waals surface area contributed by atoms with E-state index < -0.39 is 17.9 Å². The molecule has 0 aromatic heterocycles. The summed E-state index contributed by atoms with van der Waals surface area (Å²) < 4.78 is 26.8. The van der Waals surface area contributed by atoms with Crippen LogP contribution in [-0.4, -0.2) is 68.5 Å². The highest BCUT2D eigenvalue weighted by atomic mass is 16.6. The Morgan fingerprint density at radius 3 is 2.10 bits per heavy atom. The van der Waals surface area contributed by atoms with Crippen LogP contribution in [0.2, 0.25) is 0 Å². The fourth-order valence-electron chi connectivity index (χ4n) is 4.73. The second-order valence-electron chi connectivity index (χ2n) is 11.3. The van der Waals surface area contributed by atoms with Crippen LogP contribution in [0.5, 0.6) is 17.2 Å². The molecule has 11 nitrogen and oxygen atoms in total. The highest BCUT2D eigenvalue weighted by molar-refractivity contribution is 5.96. The lowest BCUT2D eigenvalue weighted by atomic mass is 10.1. The predicted octanol–water partition coefficient (Wildman–Crippen LogP) is 7.47. The van der Waals surface area contributed by atoms with Crippen LogP contribution >= 0.6 is 0 Å². The normalized spacial score (nSPS) is 11.2. The van der Waals surface area contributed by atoms with Gasteiger partial charge in [-0.3, -0.25) is 0 Å². The second kappa shape index (κ2) is 20.6. The molecule has 4 rings (SSSR count). The lowest BCUT2D eigenvalue weighted by Gasteiger charge is -2.08. The van der Waals surface area contributed by atoms with E-state index in [-0.39, 0.29) is 24.5 Å². The van der Waals surface area contributed by atoms with Crippen molar-refractivity contribution in [2.24, 2.45) is 10.2 Å². The van der Waals surface area contributed by atoms with Gasteiger partial charge in [-0.05, 0) is 115 Å². The predicted molar refractivity (Wildman–Crippen MR) is 195 cm³/mol. The molecule has 0 fully saturated rings. The highest BCUT2D eigenvalue weighted by Gasteiger charge is 2.13. The first-order chi connectivity index (χ1) is 24.9. The highest BCUT2D eigenvalue weighted by Crippen LogP contribution is 2.24. The van der Waals surface area contributed by atoms with Crippen LogP contribution in [0.3, 0.4) is 0 Å². The van der Waals surface area contributed by atoms with Crippen molar-refractivity contribution in [3.05, 3.63) is 114 Å². The van der Waals surface area contributed by atoms with Gasteiger partial charge < -0.3 is 28.8 Å². The van der Waals surface area contributed by atoms with Gasteiger partial charge in [-0.15, -0.1) is 0 Å². The number of ether oxygens (including phenoxy) is 5. The van der Waals surface area contributed by atoms with Gasteiger partial charge in [0.2, 0.25) is 0 Å². The Balaban J connectivity index is 1.23. The molecular formula is C40H42N2O9. The number of esters is 3. The molecule has 11 heteroatoms. The summed E-state index contributed by atoms with van der Waals surface area (Å²) in [5.41, 5.74) is 1.80. The van der Waals surface area contributed by atoms with Gasteiger partial charge in [-0.1, -0.05) is 31.7 Å². The van der Waals surface area contributed by atoms with E-state index in [2.05, 4.69) is 16.8 Å². The summed E-state index contributed by atoms with van der Waals surface area (Å²) in [5.74, 6) is -0.636. The number of hydrogen-bond acceptors (Lipinski definition) is 11. The van der Waals surface area contributed by atoms with E-state index in [1.807, 2.05) is 31.2 Å². The van der Waals surface area contributed by atoms with Crippen LogP contribution in [0.25, 0.3) is 10.8 Å². The molecule has 0 heterocycles. The van der Waals surface area contributed by atoms with Crippen LogP contribution in [0.15, 0.2) is 102 Å². The topological polar surface area (TPSA) is 142 Å². The molecule has 0 bridgehead atoms. The molecule has 0 saturated heterocycles. The molecule has 0 unspecified atom stereocenters. The zero-order valence-corrected chi connectivity index (χ0v) is 28.6. The first-order valence-electron chi connectivity index (χ1n) is 16.8. The molecule has 266 valence electrons. The minimum Gasteiger partial charge on any atom is -0.507 e. The van der Waals surface area contributed by atoms with Crippen LogP contribution in [0.4, 0.5) is 0 Å². The third kappa shape index (κ3) is 12.9. The summed E-state index contributed by atoms with van der Waals surface area (Å²) in [6.07, 6.45) is 8.64. The number of phenols is 1. The molecular weight excluding hydrogens is 652 g/mol. The summed E-state index contributed by atoms with van der Waals surface area (Å²) in [5, 5.41) is 20.1. The van der Waals surface area contributed by atoms with Crippen LogP contribution in [0, 0.1) is 0 Å². The Bertz CT molecular complexity index is 1830. The van der Waals surface area contributed by atoms with Crippen LogP contribution in [-0.2, 0) is 19.0 Å². The number of phenolic OH excluding ortho intramolecular Hbond substituents is 1. The van der Waals surface area contributed by atoms with E-state index in [0.29, 0.717) is 42.4 Å². The number of hydrogen-bond donors (Lipinski definition) is 1. The monoisotopic (exact) mass is 694 g/mol. The van der Waals surface area contributed by atoms with Crippen molar-refractivity contribution in [1.82, 2.24) is 0 Å². The molecule has 0 saturated carbocycles. The maximum Gasteiger partial charge on any atom is 0.343 e. The minimum absolute atomic E-state index is 0.0307. The molecule has 4 aromatic rings. The van der Waals surface area contributed by atoms with Crippen molar-refractivity contribution in [2.75, 3.05) is 33.0 Å². The summed E-state index contributed by atoms with van der Waals surface area (Å²) in [7, 11) is 0. The van der Waals surface area contributed by atoms with E-state index in [4.69, 9.17) is 23.7 Å². The van der Waals surface area contributed by atoms with Crippen molar-refractivity contribution in [3.8, 4) is 17.2 Å².